The first-order valence-electron chi connectivity index (χ1n) is 10.1. The molecule has 32 heavy (non-hydrogen) atoms. The molecule has 0 aliphatic heterocycles. The molecule has 0 atom stereocenters. The number of aryl methyl sites for hydroxylation is 3. The molecule has 0 aliphatic rings. The normalized spacial score (nSPS) is 11.9. The smallest absolute Gasteiger partial charge is 0.272 e. The molecule has 3 aromatic rings. The minimum absolute atomic E-state index is 0. The third kappa shape index (κ3) is 4.94. The zero-order valence-corrected chi connectivity index (χ0v) is 19.9. The molecule has 1 heterocycles. The summed E-state index contributed by atoms with van der Waals surface area (Å²) in [5, 5.41) is 4.44. The number of amides is 1. The summed E-state index contributed by atoms with van der Waals surface area (Å²) >= 11 is 0. The highest BCUT2D eigenvalue weighted by Crippen LogP contribution is 2.32. The number of carbonyl (C=O) groups excluding carboxylic acids is 1. The summed E-state index contributed by atoms with van der Waals surface area (Å²) in [6.07, 6.45) is 1.48. The second kappa shape index (κ2) is 8.31. The van der Waals surface area contributed by atoms with E-state index in [1.165, 1.54) is 24.4 Å². The molecule has 3 N–H and O–H groups in total. The number of rotatable bonds is 5. The monoisotopic (exact) mass is 458 g/mol. The highest BCUT2D eigenvalue weighted by Gasteiger charge is 2.27. The molecule has 1 aromatic heterocycles. The topological polar surface area (TPSA) is 116 Å². The van der Waals surface area contributed by atoms with Gasteiger partial charge < -0.3 is 10.5 Å². The van der Waals surface area contributed by atoms with Crippen molar-refractivity contribution in [1.82, 2.24) is 14.5 Å². The van der Waals surface area contributed by atoms with Crippen molar-refractivity contribution in [3.63, 3.8) is 0 Å². The van der Waals surface area contributed by atoms with Gasteiger partial charge >= 0.3 is 0 Å². The van der Waals surface area contributed by atoms with E-state index < -0.39 is 21.5 Å². The van der Waals surface area contributed by atoms with Crippen LogP contribution < -0.4 is 15.2 Å². The summed E-state index contributed by atoms with van der Waals surface area (Å²) in [5.74, 6) is -0.252. The third-order valence-electron chi connectivity index (χ3n) is 4.81. The zero-order valence-electron chi connectivity index (χ0n) is 19.1. The number of ether oxygens (including phenoxy) is 1. The van der Waals surface area contributed by atoms with Gasteiger partial charge in [0, 0.05) is 13.3 Å². The van der Waals surface area contributed by atoms with Gasteiger partial charge in [-0.3, -0.25) is 9.48 Å². The molecule has 172 valence electrons. The van der Waals surface area contributed by atoms with E-state index in [9.17, 15) is 13.2 Å². The van der Waals surface area contributed by atoms with Crippen molar-refractivity contribution in [2.24, 2.45) is 0 Å². The standard InChI is InChI=1S/C23H28N4O4S.H2/c1-14-10-15(2)20(16(3)11-14)31-22-19(13-27(25-22)23(4,5)6)21(28)26-32(29,30)18-9-7-8-17(24)12-18;/h7-13H,24H2,1-6H3,(H,26,28);1H. The van der Waals surface area contributed by atoms with Crippen LogP contribution in [0.25, 0.3) is 0 Å². The molecular weight excluding hydrogens is 428 g/mol. The summed E-state index contributed by atoms with van der Waals surface area (Å²) in [6, 6.07) is 9.64. The van der Waals surface area contributed by atoms with Gasteiger partial charge in [0.2, 0.25) is 0 Å². The van der Waals surface area contributed by atoms with Crippen LogP contribution >= 0.6 is 0 Å². The zero-order chi connectivity index (χ0) is 23.8. The molecule has 9 heteroatoms. The maximum Gasteiger partial charge on any atom is 0.272 e. The molecular formula is C23H30N4O4S. The SMILES string of the molecule is Cc1cc(C)c(Oc2nn(C(C)(C)C)cc2C(=O)NS(=O)(=O)c2cccc(N)c2)c(C)c1.[HH]. The minimum Gasteiger partial charge on any atom is -0.436 e. The van der Waals surface area contributed by atoms with Crippen LogP contribution in [-0.2, 0) is 15.6 Å². The molecule has 0 aliphatic carbocycles. The maximum atomic E-state index is 13.0. The molecule has 0 spiro atoms. The van der Waals surface area contributed by atoms with Crippen LogP contribution in [-0.4, -0.2) is 24.1 Å². The van der Waals surface area contributed by atoms with Gasteiger partial charge in [0.05, 0.1) is 10.4 Å². The molecule has 0 fully saturated rings. The van der Waals surface area contributed by atoms with Gasteiger partial charge in [-0.05, 0) is 70.9 Å². The number of nitrogens with two attached hydrogens (primary N) is 1. The molecule has 8 nitrogen and oxygen atoms in total. The largest absolute Gasteiger partial charge is 0.436 e. The second-order valence-corrected chi connectivity index (χ2v) is 10.5. The second-order valence-electron chi connectivity index (χ2n) is 8.80. The van der Waals surface area contributed by atoms with Crippen molar-refractivity contribution in [3.05, 3.63) is 64.8 Å². The van der Waals surface area contributed by atoms with Crippen LogP contribution in [0.4, 0.5) is 5.69 Å². The predicted octanol–water partition coefficient (Wildman–Crippen LogP) is 4.30. The van der Waals surface area contributed by atoms with E-state index in [4.69, 9.17) is 10.5 Å². The minimum atomic E-state index is -4.14. The first-order valence-corrected chi connectivity index (χ1v) is 11.5. The Bertz CT molecular complexity index is 1270. The lowest BCUT2D eigenvalue weighted by atomic mass is 10.1. The fourth-order valence-electron chi connectivity index (χ4n) is 3.27. The Kier molecular flexibility index (Phi) is 6.06. The Morgan fingerprint density at radius 3 is 2.31 bits per heavy atom. The predicted molar refractivity (Wildman–Crippen MR) is 126 cm³/mol. The van der Waals surface area contributed by atoms with Crippen molar-refractivity contribution in [3.8, 4) is 11.6 Å². The Hall–Kier alpha value is -3.33. The van der Waals surface area contributed by atoms with Crippen molar-refractivity contribution < 1.29 is 19.4 Å². The fraction of sp³-hybridized carbons (Fsp3) is 0.304. The van der Waals surface area contributed by atoms with Crippen LogP contribution in [0.3, 0.4) is 0 Å². The van der Waals surface area contributed by atoms with Gasteiger partial charge in [0.1, 0.15) is 11.3 Å². The summed E-state index contributed by atoms with van der Waals surface area (Å²) in [7, 11) is -4.14. The Labute approximate surface area is 189 Å². The average Bonchev–Trinajstić information content (AvgIpc) is 3.09. The van der Waals surface area contributed by atoms with Gasteiger partial charge in [-0.2, -0.15) is 0 Å². The van der Waals surface area contributed by atoms with E-state index in [0.717, 1.165) is 16.7 Å². The quantitative estimate of drug-likeness (QED) is 0.551. The van der Waals surface area contributed by atoms with Crippen molar-refractivity contribution in [2.75, 3.05) is 5.73 Å². The highest BCUT2D eigenvalue weighted by molar-refractivity contribution is 7.90. The van der Waals surface area contributed by atoms with Gasteiger partial charge in [-0.1, -0.05) is 23.8 Å². The van der Waals surface area contributed by atoms with E-state index >= 15 is 0 Å². The van der Waals surface area contributed by atoms with Crippen molar-refractivity contribution in [1.29, 1.82) is 0 Å². The number of carbonyl (C=O) groups is 1. The third-order valence-corrected chi connectivity index (χ3v) is 6.14. The molecule has 0 saturated carbocycles. The Morgan fingerprint density at radius 1 is 1.12 bits per heavy atom. The first-order chi connectivity index (χ1) is 14.8. The number of anilines is 1. The number of sulfonamides is 1. The number of aromatic nitrogens is 2. The summed E-state index contributed by atoms with van der Waals surface area (Å²) in [4.78, 5) is 12.9. The lowest BCUT2D eigenvalue weighted by Gasteiger charge is -2.18. The first kappa shape index (κ1) is 23.3. The number of hydrogen-bond acceptors (Lipinski definition) is 6. The van der Waals surface area contributed by atoms with Crippen LogP contribution in [0.2, 0.25) is 0 Å². The van der Waals surface area contributed by atoms with Gasteiger partial charge in [-0.15, -0.1) is 5.10 Å². The average molecular weight is 459 g/mol. The Balaban J connectivity index is 0.00000385. The van der Waals surface area contributed by atoms with Gasteiger partial charge in [0.15, 0.2) is 0 Å². The van der Waals surface area contributed by atoms with Gasteiger partial charge in [-0.25, -0.2) is 13.1 Å². The molecule has 1 amide bonds. The summed E-state index contributed by atoms with van der Waals surface area (Å²) in [5.41, 5.74) is 8.35. The Morgan fingerprint density at radius 2 is 1.75 bits per heavy atom. The molecule has 0 bridgehead atoms. The van der Waals surface area contributed by atoms with Crippen LogP contribution in [0, 0.1) is 20.8 Å². The number of nitrogen functional groups attached to an aromatic ring is 1. The van der Waals surface area contributed by atoms with E-state index in [0.29, 0.717) is 5.75 Å². The summed E-state index contributed by atoms with van der Waals surface area (Å²) in [6.45, 7) is 11.5. The number of nitrogens with zero attached hydrogens (tertiary/aromatic N) is 2. The molecule has 0 saturated heterocycles. The molecule has 0 radical (unpaired) electrons. The highest BCUT2D eigenvalue weighted by atomic mass is 32.2. The number of hydrogen-bond donors (Lipinski definition) is 2. The van der Waals surface area contributed by atoms with Crippen LogP contribution in [0.15, 0.2) is 47.5 Å². The van der Waals surface area contributed by atoms with E-state index in [-0.39, 0.29) is 23.5 Å². The van der Waals surface area contributed by atoms with Gasteiger partial charge in [0.25, 0.3) is 21.8 Å². The lowest BCUT2D eigenvalue weighted by Crippen LogP contribution is -2.30. The van der Waals surface area contributed by atoms with Crippen molar-refractivity contribution in [2.45, 2.75) is 52.0 Å². The molecule has 2 aromatic carbocycles. The summed E-state index contributed by atoms with van der Waals surface area (Å²) < 4.78 is 35.2. The van der Waals surface area contributed by atoms with E-state index in [1.54, 1.807) is 10.7 Å². The van der Waals surface area contributed by atoms with Crippen LogP contribution in [0.1, 0.15) is 49.2 Å². The van der Waals surface area contributed by atoms with Crippen molar-refractivity contribution >= 4 is 21.6 Å². The van der Waals surface area contributed by atoms with E-state index in [1.807, 2.05) is 53.7 Å². The van der Waals surface area contributed by atoms with E-state index in [2.05, 4.69) is 9.82 Å². The van der Waals surface area contributed by atoms with Crippen LogP contribution in [0.5, 0.6) is 11.6 Å². The number of benzene rings is 2. The fourth-order valence-corrected chi connectivity index (χ4v) is 4.30. The molecule has 3 rings (SSSR count). The number of nitrogens with one attached hydrogen (secondary N) is 1. The molecule has 0 unspecified atom stereocenters. The lowest BCUT2D eigenvalue weighted by molar-refractivity contribution is 0.0979. The maximum absolute atomic E-state index is 13.0.